The summed E-state index contributed by atoms with van der Waals surface area (Å²) in [7, 11) is 0. The topological polar surface area (TPSA) is 17.3 Å². The van der Waals surface area contributed by atoms with Crippen molar-refractivity contribution in [2.45, 2.75) is 0 Å². The van der Waals surface area contributed by atoms with Gasteiger partial charge < -0.3 is 4.40 Å². The average molecular weight is 237 g/mol. The van der Waals surface area contributed by atoms with Gasteiger partial charge in [0.15, 0.2) is 0 Å². The second-order valence-corrected chi connectivity index (χ2v) is 3.32. The SMILES string of the molecule is BrCC=Cc1cnc2ccccn12. The predicted molar refractivity (Wildman–Crippen MR) is 58.0 cm³/mol. The quantitative estimate of drug-likeness (QED) is 0.734. The van der Waals surface area contributed by atoms with Crippen LogP contribution < -0.4 is 0 Å². The molecule has 0 unspecified atom stereocenters. The summed E-state index contributed by atoms with van der Waals surface area (Å²) in [6, 6.07) is 5.98. The van der Waals surface area contributed by atoms with Crippen LogP contribution in [0.3, 0.4) is 0 Å². The van der Waals surface area contributed by atoms with E-state index >= 15 is 0 Å². The molecule has 2 aromatic heterocycles. The molecule has 13 heavy (non-hydrogen) atoms. The zero-order valence-corrected chi connectivity index (χ0v) is 8.61. The second-order valence-electron chi connectivity index (χ2n) is 2.67. The highest BCUT2D eigenvalue weighted by atomic mass is 79.9. The third-order valence-corrected chi connectivity index (χ3v) is 2.20. The minimum atomic E-state index is 0.868. The number of imidazole rings is 1. The maximum atomic E-state index is 4.27. The molecule has 2 aromatic rings. The maximum Gasteiger partial charge on any atom is 0.137 e. The van der Waals surface area contributed by atoms with Crippen LogP contribution in [-0.4, -0.2) is 14.7 Å². The molecule has 0 saturated carbocycles. The lowest BCUT2D eigenvalue weighted by atomic mass is 10.4. The van der Waals surface area contributed by atoms with Gasteiger partial charge in [-0.2, -0.15) is 0 Å². The van der Waals surface area contributed by atoms with E-state index in [2.05, 4.69) is 37.5 Å². The highest BCUT2D eigenvalue weighted by molar-refractivity contribution is 9.09. The molecule has 0 atom stereocenters. The Bertz CT molecular complexity index is 431. The molecule has 0 spiro atoms. The van der Waals surface area contributed by atoms with Gasteiger partial charge in [0.25, 0.3) is 0 Å². The zero-order valence-electron chi connectivity index (χ0n) is 7.02. The van der Waals surface area contributed by atoms with Crippen LogP contribution in [0, 0.1) is 0 Å². The van der Waals surface area contributed by atoms with E-state index in [-0.39, 0.29) is 0 Å². The van der Waals surface area contributed by atoms with Crippen LogP contribution in [0.5, 0.6) is 0 Å². The van der Waals surface area contributed by atoms with E-state index in [1.807, 2.05) is 30.6 Å². The summed E-state index contributed by atoms with van der Waals surface area (Å²) < 4.78 is 2.05. The van der Waals surface area contributed by atoms with Crippen molar-refractivity contribution in [3.63, 3.8) is 0 Å². The molecule has 0 aliphatic carbocycles. The molecule has 0 aliphatic heterocycles. The second kappa shape index (κ2) is 3.75. The Labute approximate surface area is 85.0 Å². The summed E-state index contributed by atoms with van der Waals surface area (Å²) in [5.41, 5.74) is 2.09. The zero-order chi connectivity index (χ0) is 9.10. The van der Waals surface area contributed by atoms with Crippen molar-refractivity contribution in [2.75, 3.05) is 5.33 Å². The normalized spacial score (nSPS) is 11.5. The number of allylic oxidation sites excluding steroid dienone is 1. The van der Waals surface area contributed by atoms with Crippen LogP contribution in [-0.2, 0) is 0 Å². The van der Waals surface area contributed by atoms with E-state index in [1.54, 1.807) is 0 Å². The van der Waals surface area contributed by atoms with Crippen LogP contribution >= 0.6 is 15.9 Å². The molecule has 0 saturated heterocycles. The van der Waals surface area contributed by atoms with E-state index in [0.717, 1.165) is 16.7 Å². The van der Waals surface area contributed by atoms with Gasteiger partial charge in [-0.05, 0) is 18.2 Å². The molecule has 0 aliphatic rings. The standard InChI is InChI=1S/C10H9BrN2/c11-6-3-4-9-8-12-10-5-1-2-7-13(9)10/h1-5,7-8H,6H2. The summed E-state index contributed by atoms with van der Waals surface area (Å²) in [5.74, 6) is 0. The van der Waals surface area contributed by atoms with Crippen molar-refractivity contribution in [3.05, 3.63) is 42.4 Å². The average Bonchev–Trinajstić information content (AvgIpc) is 2.58. The third kappa shape index (κ3) is 1.65. The molecular weight excluding hydrogens is 228 g/mol. The summed E-state index contributed by atoms with van der Waals surface area (Å²) in [4.78, 5) is 4.27. The molecule has 0 bridgehead atoms. The van der Waals surface area contributed by atoms with Crippen LogP contribution in [0.25, 0.3) is 11.7 Å². The van der Waals surface area contributed by atoms with Crippen molar-refractivity contribution in [1.29, 1.82) is 0 Å². The van der Waals surface area contributed by atoms with E-state index < -0.39 is 0 Å². The van der Waals surface area contributed by atoms with Crippen molar-refractivity contribution in [1.82, 2.24) is 9.38 Å². The molecule has 2 nitrogen and oxygen atoms in total. The number of hydrogen-bond acceptors (Lipinski definition) is 1. The predicted octanol–water partition coefficient (Wildman–Crippen LogP) is 2.74. The lowest BCUT2D eigenvalue weighted by molar-refractivity contribution is 1.17. The Balaban J connectivity index is 2.52. The van der Waals surface area contributed by atoms with E-state index in [4.69, 9.17) is 0 Å². The lowest BCUT2D eigenvalue weighted by Crippen LogP contribution is -1.84. The largest absolute Gasteiger partial charge is 0.300 e. The maximum absolute atomic E-state index is 4.27. The fraction of sp³-hybridized carbons (Fsp3) is 0.100. The summed E-state index contributed by atoms with van der Waals surface area (Å²) in [6.07, 6.45) is 7.98. The monoisotopic (exact) mass is 236 g/mol. The summed E-state index contributed by atoms with van der Waals surface area (Å²) in [5, 5.41) is 0.868. The molecule has 66 valence electrons. The number of halogens is 1. The van der Waals surface area contributed by atoms with Gasteiger partial charge >= 0.3 is 0 Å². The van der Waals surface area contributed by atoms with Crippen LogP contribution in [0.2, 0.25) is 0 Å². The van der Waals surface area contributed by atoms with E-state index in [1.165, 1.54) is 0 Å². The molecule has 2 heterocycles. The molecule has 3 heteroatoms. The van der Waals surface area contributed by atoms with Gasteiger partial charge in [0.05, 0.1) is 11.9 Å². The minimum absolute atomic E-state index is 0.868. The number of pyridine rings is 1. The Morgan fingerprint density at radius 1 is 1.46 bits per heavy atom. The number of hydrogen-bond donors (Lipinski definition) is 0. The fourth-order valence-corrected chi connectivity index (χ4v) is 1.43. The van der Waals surface area contributed by atoms with Gasteiger partial charge in [0.1, 0.15) is 5.65 Å². The van der Waals surface area contributed by atoms with E-state index in [9.17, 15) is 0 Å². The first-order valence-electron chi connectivity index (χ1n) is 4.06. The molecular formula is C10H9BrN2. The molecule has 0 aromatic carbocycles. The Morgan fingerprint density at radius 2 is 2.38 bits per heavy atom. The van der Waals surface area contributed by atoms with Crippen LogP contribution in [0.4, 0.5) is 0 Å². The number of alkyl halides is 1. The first-order chi connectivity index (χ1) is 6.42. The van der Waals surface area contributed by atoms with Crippen molar-refractivity contribution in [2.24, 2.45) is 0 Å². The van der Waals surface area contributed by atoms with Crippen molar-refractivity contribution >= 4 is 27.7 Å². The first-order valence-corrected chi connectivity index (χ1v) is 5.18. The summed E-state index contributed by atoms with van der Waals surface area (Å²) >= 11 is 3.34. The van der Waals surface area contributed by atoms with Gasteiger partial charge in [-0.1, -0.05) is 28.1 Å². The Hall–Kier alpha value is -1.09. The van der Waals surface area contributed by atoms with Gasteiger partial charge in [0.2, 0.25) is 0 Å². The lowest BCUT2D eigenvalue weighted by Gasteiger charge is -1.93. The molecule has 2 rings (SSSR count). The number of nitrogens with zero attached hydrogens (tertiary/aromatic N) is 2. The number of fused-ring (bicyclic) bond motifs is 1. The molecule has 0 N–H and O–H groups in total. The van der Waals surface area contributed by atoms with Gasteiger partial charge in [0, 0.05) is 11.5 Å². The third-order valence-electron chi connectivity index (χ3n) is 1.82. The molecule has 0 amide bonds. The highest BCUT2D eigenvalue weighted by Gasteiger charge is 1.96. The Morgan fingerprint density at radius 3 is 3.23 bits per heavy atom. The van der Waals surface area contributed by atoms with Crippen molar-refractivity contribution in [3.8, 4) is 0 Å². The molecule has 0 radical (unpaired) electrons. The van der Waals surface area contributed by atoms with Gasteiger partial charge in [-0.3, -0.25) is 0 Å². The van der Waals surface area contributed by atoms with Crippen LogP contribution in [0.1, 0.15) is 5.69 Å². The van der Waals surface area contributed by atoms with Crippen molar-refractivity contribution < 1.29 is 0 Å². The fourth-order valence-electron chi connectivity index (χ4n) is 1.24. The summed E-state index contributed by atoms with van der Waals surface area (Å²) in [6.45, 7) is 0. The first kappa shape index (κ1) is 8.51. The molecule has 0 fully saturated rings. The van der Waals surface area contributed by atoms with E-state index in [0.29, 0.717) is 0 Å². The van der Waals surface area contributed by atoms with Gasteiger partial charge in [-0.25, -0.2) is 4.98 Å². The number of aromatic nitrogens is 2. The smallest absolute Gasteiger partial charge is 0.137 e. The Kier molecular flexibility index (Phi) is 2.45. The van der Waals surface area contributed by atoms with Crippen LogP contribution in [0.15, 0.2) is 36.7 Å². The minimum Gasteiger partial charge on any atom is -0.300 e. The van der Waals surface area contributed by atoms with Gasteiger partial charge in [-0.15, -0.1) is 0 Å². The number of rotatable bonds is 2. The highest BCUT2D eigenvalue weighted by Crippen LogP contribution is 2.07.